The molecule has 0 aromatic rings. The lowest BCUT2D eigenvalue weighted by molar-refractivity contribution is -0.0264. The maximum Gasteiger partial charge on any atom is 0.256 e. The van der Waals surface area contributed by atoms with Crippen molar-refractivity contribution in [2.45, 2.75) is 31.7 Å². The third kappa shape index (κ3) is 1.44. The fourth-order valence-corrected chi connectivity index (χ4v) is 2.93. The minimum Gasteiger partial charge on any atom is -0.306 e. The van der Waals surface area contributed by atoms with E-state index in [-0.39, 0.29) is 5.92 Å². The number of piperidine rings is 1. The van der Waals surface area contributed by atoms with Crippen LogP contribution in [0.3, 0.4) is 0 Å². The van der Waals surface area contributed by atoms with E-state index >= 15 is 0 Å². The zero-order valence-corrected chi connectivity index (χ0v) is 8.60. The van der Waals surface area contributed by atoms with Crippen LogP contribution >= 0.6 is 0 Å². The maximum absolute atomic E-state index is 13.1. The van der Waals surface area contributed by atoms with Crippen molar-refractivity contribution >= 4 is 0 Å². The summed E-state index contributed by atoms with van der Waals surface area (Å²) in [4.78, 5) is 2.29. The van der Waals surface area contributed by atoms with E-state index in [1.807, 2.05) is 6.92 Å². The molecule has 0 saturated carbocycles. The lowest BCUT2D eigenvalue weighted by atomic mass is 9.79. The van der Waals surface area contributed by atoms with Crippen LogP contribution in [0.2, 0.25) is 0 Å². The molecule has 14 heavy (non-hydrogen) atoms. The van der Waals surface area contributed by atoms with Crippen LogP contribution in [-0.2, 0) is 0 Å². The Bertz CT molecular complexity index is 210. The van der Waals surface area contributed by atoms with Crippen molar-refractivity contribution in [3.05, 3.63) is 0 Å². The Balaban J connectivity index is 2.16. The van der Waals surface area contributed by atoms with Gasteiger partial charge in [0.1, 0.15) is 0 Å². The summed E-state index contributed by atoms with van der Waals surface area (Å²) in [7, 11) is 0. The van der Waals surface area contributed by atoms with Gasteiger partial charge in [-0.3, -0.25) is 0 Å². The van der Waals surface area contributed by atoms with Gasteiger partial charge >= 0.3 is 0 Å². The summed E-state index contributed by atoms with van der Waals surface area (Å²) in [6.07, 6.45) is -0.701. The highest BCUT2D eigenvalue weighted by atomic mass is 19.3. The molecule has 0 aromatic carbocycles. The molecule has 2 nitrogen and oxygen atoms in total. The molecule has 2 saturated heterocycles. The standard InChI is InChI=1S/C10H18F2N2/c1-2-13-10(9(11)12)4-6-14-5-3-8(10)7-14/h8-9,13H,2-7H2,1H3. The molecule has 4 heteroatoms. The molecule has 2 bridgehead atoms. The normalized spacial score (nSPS) is 42.0. The first-order valence-corrected chi connectivity index (χ1v) is 5.44. The topological polar surface area (TPSA) is 15.3 Å². The molecule has 0 spiro atoms. The van der Waals surface area contributed by atoms with Gasteiger partial charge in [0, 0.05) is 13.1 Å². The Hall–Kier alpha value is -0.220. The van der Waals surface area contributed by atoms with E-state index in [9.17, 15) is 8.78 Å². The lowest BCUT2D eigenvalue weighted by Crippen LogP contribution is -2.60. The third-order valence-electron chi connectivity index (χ3n) is 3.74. The van der Waals surface area contributed by atoms with E-state index in [0.29, 0.717) is 13.0 Å². The molecule has 0 amide bonds. The fraction of sp³-hybridized carbons (Fsp3) is 1.00. The van der Waals surface area contributed by atoms with Gasteiger partial charge in [-0.25, -0.2) is 8.78 Å². The number of rotatable bonds is 3. The zero-order valence-electron chi connectivity index (χ0n) is 8.60. The molecule has 1 N–H and O–H groups in total. The van der Waals surface area contributed by atoms with Crippen molar-refractivity contribution < 1.29 is 8.78 Å². The van der Waals surface area contributed by atoms with Gasteiger partial charge in [-0.1, -0.05) is 6.92 Å². The van der Waals surface area contributed by atoms with Crippen molar-refractivity contribution in [1.82, 2.24) is 10.2 Å². The Morgan fingerprint density at radius 1 is 1.50 bits per heavy atom. The first-order valence-electron chi connectivity index (χ1n) is 5.44. The SMILES string of the molecule is CCNC1(C(F)F)CCN2CCC1C2. The predicted octanol–water partition coefficient (Wildman–Crippen LogP) is 1.33. The van der Waals surface area contributed by atoms with E-state index in [0.717, 1.165) is 26.1 Å². The molecule has 2 aliphatic heterocycles. The van der Waals surface area contributed by atoms with Gasteiger partial charge in [0.2, 0.25) is 0 Å². The summed E-state index contributed by atoms with van der Waals surface area (Å²) in [5, 5.41) is 3.05. The van der Waals surface area contributed by atoms with E-state index in [1.54, 1.807) is 0 Å². The minimum atomic E-state index is -2.23. The molecule has 82 valence electrons. The van der Waals surface area contributed by atoms with E-state index in [2.05, 4.69) is 10.2 Å². The Kier molecular flexibility index (Phi) is 2.75. The van der Waals surface area contributed by atoms with Crippen LogP contribution in [0.15, 0.2) is 0 Å². The summed E-state index contributed by atoms with van der Waals surface area (Å²) in [6, 6.07) is 0. The molecule has 3 atom stereocenters. The second-order valence-electron chi connectivity index (χ2n) is 4.41. The van der Waals surface area contributed by atoms with Crippen molar-refractivity contribution in [1.29, 1.82) is 0 Å². The van der Waals surface area contributed by atoms with Crippen LogP contribution in [0.5, 0.6) is 0 Å². The Labute approximate surface area is 83.7 Å². The van der Waals surface area contributed by atoms with Gasteiger partial charge in [-0.15, -0.1) is 0 Å². The summed E-state index contributed by atoms with van der Waals surface area (Å²) in [5.41, 5.74) is -0.887. The highest BCUT2D eigenvalue weighted by molar-refractivity contribution is 5.04. The first kappa shape index (κ1) is 10.3. The Morgan fingerprint density at radius 2 is 2.29 bits per heavy atom. The average Bonchev–Trinajstić information content (AvgIpc) is 2.55. The van der Waals surface area contributed by atoms with Crippen LogP contribution in [-0.4, -0.2) is 43.0 Å². The smallest absolute Gasteiger partial charge is 0.256 e. The molecule has 2 heterocycles. The largest absolute Gasteiger partial charge is 0.306 e. The average molecular weight is 204 g/mol. The summed E-state index contributed by atoms with van der Waals surface area (Å²) < 4.78 is 26.3. The Morgan fingerprint density at radius 3 is 2.93 bits per heavy atom. The van der Waals surface area contributed by atoms with Crippen molar-refractivity contribution in [2.75, 3.05) is 26.2 Å². The van der Waals surface area contributed by atoms with Crippen LogP contribution in [0.4, 0.5) is 8.78 Å². The van der Waals surface area contributed by atoms with Crippen LogP contribution in [0, 0.1) is 5.92 Å². The summed E-state index contributed by atoms with van der Waals surface area (Å²) >= 11 is 0. The monoisotopic (exact) mass is 204 g/mol. The number of hydrogen-bond acceptors (Lipinski definition) is 2. The minimum absolute atomic E-state index is 0.149. The van der Waals surface area contributed by atoms with Gasteiger partial charge in [-0.05, 0) is 31.8 Å². The predicted molar refractivity (Wildman–Crippen MR) is 51.6 cm³/mol. The second kappa shape index (κ2) is 3.74. The molecular weight excluding hydrogens is 186 g/mol. The fourth-order valence-electron chi connectivity index (χ4n) is 2.93. The van der Waals surface area contributed by atoms with E-state index in [4.69, 9.17) is 0 Å². The maximum atomic E-state index is 13.1. The van der Waals surface area contributed by atoms with Crippen molar-refractivity contribution in [3.63, 3.8) is 0 Å². The molecule has 0 aliphatic carbocycles. The van der Waals surface area contributed by atoms with Gasteiger partial charge in [0.15, 0.2) is 0 Å². The van der Waals surface area contributed by atoms with Crippen molar-refractivity contribution in [3.8, 4) is 0 Å². The van der Waals surface area contributed by atoms with Crippen LogP contribution < -0.4 is 5.32 Å². The number of fused-ring (bicyclic) bond motifs is 2. The van der Waals surface area contributed by atoms with Gasteiger partial charge in [0.25, 0.3) is 6.43 Å². The van der Waals surface area contributed by atoms with E-state index < -0.39 is 12.0 Å². The van der Waals surface area contributed by atoms with E-state index in [1.165, 1.54) is 0 Å². The zero-order chi connectivity index (χ0) is 10.2. The van der Waals surface area contributed by atoms with Gasteiger partial charge in [0.05, 0.1) is 5.54 Å². The number of nitrogens with zero attached hydrogens (tertiary/aromatic N) is 1. The molecule has 3 unspecified atom stereocenters. The van der Waals surface area contributed by atoms with Crippen LogP contribution in [0.1, 0.15) is 19.8 Å². The molecular formula is C10H18F2N2. The number of alkyl halides is 2. The highest BCUT2D eigenvalue weighted by Gasteiger charge is 2.51. The summed E-state index contributed by atoms with van der Waals surface area (Å²) in [5.74, 6) is 0.149. The summed E-state index contributed by atoms with van der Waals surface area (Å²) in [6.45, 7) is 5.24. The number of nitrogens with one attached hydrogen (secondary N) is 1. The molecule has 2 fully saturated rings. The molecule has 0 radical (unpaired) electrons. The second-order valence-corrected chi connectivity index (χ2v) is 4.41. The van der Waals surface area contributed by atoms with Gasteiger partial charge < -0.3 is 10.2 Å². The molecule has 0 aromatic heterocycles. The highest BCUT2D eigenvalue weighted by Crippen LogP contribution is 2.39. The number of halogens is 2. The first-order chi connectivity index (χ1) is 6.69. The van der Waals surface area contributed by atoms with Gasteiger partial charge in [-0.2, -0.15) is 0 Å². The van der Waals surface area contributed by atoms with Crippen molar-refractivity contribution in [2.24, 2.45) is 5.92 Å². The van der Waals surface area contributed by atoms with Crippen LogP contribution in [0.25, 0.3) is 0 Å². The molecule has 2 rings (SSSR count). The third-order valence-corrected chi connectivity index (χ3v) is 3.74. The molecule has 2 aliphatic rings. The quantitative estimate of drug-likeness (QED) is 0.746. The number of hydrogen-bond donors (Lipinski definition) is 1. The lowest BCUT2D eigenvalue weighted by Gasteiger charge is -2.43.